The summed E-state index contributed by atoms with van der Waals surface area (Å²) in [5.41, 5.74) is 1.15. The minimum atomic E-state index is 0.643. The van der Waals surface area contributed by atoms with Gasteiger partial charge in [0.2, 0.25) is 5.88 Å². The van der Waals surface area contributed by atoms with Crippen LogP contribution in [0.15, 0.2) is 18.3 Å². The molecule has 2 fully saturated rings. The molecule has 3 heterocycles. The van der Waals surface area contributed by atoms with Crippen molar-refractivity contribution >= 4 is 0 Å². The zero-order valence-corrected chi connectivity index (χ0v) is 11.6. The summed E-state index contributed by atoms with van der Waals surface area (Å²) in [6.45, 7) is 3.43. The summed E-state index contributed by atoms with van der Waals surface area (Å²) < 4.78 is 5.30. The first-order chi connectivity index (χ1) is 9.36. The molecule has 2 unspecified atom stereocenters. The van der Waals surface area contributed by atoms with E-state index >= 15 is 0 Å². The lowest BCUT2D eigenvalue weighted by molar-refractivity contribution is 0.166. The first-order valence-electron chi connectivity index (χ1n) is 7.32. The van der Waals surface area contributed by atoms with Gasteiger partial charge < -0.3 is 15.0 Å². The van der Waals surface area contributed by atoms with Gasteiger partial charge in [-0.15, -0.1) is 0 Å². The number of fused-ring (bicyclic) bond motifs is 1. The Morgan fingerprint density at radius 3 is 3.26 bits per heavy atom. The molecule has 0 saturated carbocycles. The lowest BCUT2D eigenvalue weighted by Crippen LogP contribution is -2.45. The largest absolute Gasteiger partial charge is 0.481 e. The molecule has 2 atom stereocenters. The standard InChI is InChI=1S/C15H23N3O/c1-19-15-12(4-2-7-16-15)11-17-13-6-9-18-8-3-5-14(18)10-13/h2,4,7,13-14,17H,3,5-6,8-11H2,1H3. The average molecular weight is 261 g/mol. The highest BCUT2D eigenvalue weighted by Crippen LogP contribution is 2.27. The zero-order chi connectivity index (χ0) is 13.1. The van der Waals surface area contributed by atoms with Gasteiger partial charge in [-0.25, -0.2) is 4.98 Å². The number of hydrogen-bond acceptors (Lipinski definition) is 4. The summed E-state index contributed by atoms with van der Waals surface area (Å²) in [4.78, 5) is 6.90. The van der Waals surface area contributed by atoms with Crippen molar-refractivity contribution in [3.63, 3.8) is 0 Å². The molecule has 1 aromatic rings. The highest BCUT2D eigenvalue weighted by Gasteiger charge is 2.31. The molecule has 0 bridgehead atoms. The van der Waals surface area contributed by atoms with Crippen molar-refractivity contribution in [1.29, 1.82) is 0 Å². The van der Waals surface area contributed by atoms with Crippen LogP contribution < -0.4 is 10.1 Å². The van der Waals surface area contributed by atoms with Gasteiger partial charge in [0.1, 0.15) is 0 Å². The van der Waals surface area contributed by atoms with Crippen LogP contribution in [0.2, 0.25) is 0 Å². The Balaban J connectivity index is 1.54. The van der Waals surface area contributed by atoms with Crippen LogP contribution in [0.5, 0.6) is 5.88 Å². The molecule has 0 aromatic carbocycles. The Morgan fingerprint density at radius 1 is 1.42 bits per heavy atom. The smallest absolute Gasteiger partial charge is 0.217 e. The monoisotopic (exact) mass is 261 g/mol. The minimum absolute atomic E-state index is 0.643. The van der Waals surface area contributed by atoms with Crippen molar-refractivity contribution in [2.75, 3.05) is 20.2 Å². The van der Waals surface area contributed by atoms with E-state index in [-0.39, 0.29) is 0 Å². The van der Waals surface area contributed by atoms with E-state index in [4.69, 9.17) is 4.74 Å². The topological polar surface area (TPSA) is 37.4 Å². The fraction of sp³-hybridized carbons (Fsp3) is 0.667. The SMILES string of the molecule is COc1ncccc1CNC1CCN2CCCC2C1. The van der Waals surface area contributed by atoms with Crippen LogP contribution in [0.4, 0.5) is 0 Å². The summed E-state index contributed by atoms with van der Waals surface area (Å²) in [5.74, 6) is 0.744. The van der Waals surface area contributed by atoms with Gasteiger partial charge >= 0.3 is 0 Å². The molecule has 1 N–H and O–H groups in total. The van der Waals surface area contributed by atoms with Crippen molar-refractivity contribution in [2.24, 2.45) is 0 Å². The lowest BCUT2D eigenvalue weighted by Gasteiger charge is -2.35. The number of nitrogens with one attached hydrogen (secondary N) is 1. The van der Waals surface area contributed by atoms with E-state index in [0.717, 1.165) is 24.0 Å². The third kappa shape index (κ3) is 2.90. The summed E-state index contributed by atoms with van der Waals surface area (Å²) in [6, 6.07) is 5.52. The first-order valence-corrected chi connectivity index (χ1v) is 7.32. The molecule has 104 valence electrons. The molecule has 2 saturated heterocycles. The van der Waals surface area contributed by atoms with E-state index < -0.39 is 0 Å². The second-order valence-electron chi connectivity index (χ2n) is 5.61. The van der Waals surface area contributed by atoms with Gasteiger partial charge in [0.15, 0.2) is 0 Å². The second-order valence-corrected chi connectivity index (χ2v) is 5.61. The Morgan fingerprint density at radius 2 is 2.37 bits per heavy atom. The van der Waals surface area contributed by atoms with E-state index in [0.29, 0.717) is 6.04 Å². The van der Waals surface area contributed by atoms with Crippen LogP contribution in [0.3, 0.4) is 0 Å². The summed E-state index contributed by atoms with van der Waals surface area (Å²) in [5, 5.41) is 3.68. The highest BCUT2D eigenvalue weighted by molar-refractivity contribution is 5.25. The molecular formula is C15H23N3O. The van der Waals surface area contributed by atoms with Crippen LogP contribution in [0.25, 0.3) is 0 Å². The lowest BCUT2D eigenvalue weighted by atomic mass is 9.97. The van der Waals surface area contributed by atoms with Gasteiger partial charge in [0, 0.05) is 30.4 Å². The molecule has 4 heteroatoms. The van der Waals surface area contributed by atoms with E-state index in [2.05, 4.69) is 21.3 Å². The molecule has 0 amide bonds. The quantitative estimate of drug-likeness (QED) is 0.897. The van der Waals surface area contributed by atoms with Gasteiger partial charge in [-0.3, -0.25) is 0 Å². The summed E-state index contributed by atoms with van der Waals surface area (Å²) >= 11 is 0. The van der Waals surface area contributed by atoms with Gasteiger partial charge in [-0.05, 0) is 44.8 Å². The molecule has 19 heavy (non-hydrogen) atoms. The van der Waals surface area contributed by atoms with Gasteiger partial charge in [0.05, 0.1) is 7.11 Å². The maximum absolute atomic E-state index is 5.30. The molecule has 0 radical (unpaired) electrons. The summed E-state index contributed by atoms with van der Waals surface area (Å²) in [7, 11) is 1.68. The molecule has 0 spiro atoms. The van der Waals surface area contributed by atoms with Crippen molar-refractivity contribution in [2.45, 2.75) is 44.3 Å². The fourth-order valence-electron chi connectivity index (χ4n) is 3.41. The normalized spacial score (nSPS) is 27.2. The second kappa shape index (κ2) is 5.88. The number of pyridine rings is 1. The fourth-order valence-corrected chi connectivity index (χ4v) is 3.41. The Labute approximate surface area is 115 Å². The molecule has 4 nitrogen and oxygen atoms in total. The molecule has 2 aliphatic heterocycles. The Hall–Kier alpha value is -1.13. The first kappa shape index (κ1) is 12.9. The molecule has 1 aromatic heterocycles. The van der Waals surface area contributed by atoms with Crippen molar-refractivity contribution in [3.05, 3.63) is 23.9 Å². The van der Waals surface area contributed by atoms with Crippen LogP contribution in [0.1, 0.15) is 31.2 Å². The van der Waals surface area contributed by atoms with Crippen LogP contribution in [-0.2, 0) is 6.54 Å². The maximum atomic E-state index is 5.30. The van der Waals surface area contributed by atoms with E-state index in [1.165, 1.54) is 38.8 Å². The highest BCUT2D eigenvalue weighted by atomic mass is 16.5. The number of aromatic nitrogens is 1. The van der Waals surface area contributed by atoms with Gasteiger partial charge in [-0.2, -0.15) is 0 Å². The van der Waals surface area contributed by atoms with Crippen molar-refractivity contribution < 1.29 is 4.74 Å². The van der Waals surface area contributed by atoms with Crippen molar-refractivity contribution in [3.8, 4) is 5.88 Å². The number of methoxy groups -OCH3 is 1. The predicted molar refractivity (Wildman–Crippen MR) is 75.2 cm³/mol. The molecule has 2 aliphatic rings. The predicted octanol–water partition coefficient (Wildman–Crippen LogP) is 1.81. The number of ether oxygens (including phenoxy) is 1. The third-order valence-corrected chi connectivity index (χ3v) is 4.44. The van der Waals surface area contributed by atoms with E-state index in [9.17, 15) is 0 Å². The number of hydrogen-bond donors (Lipinski definition) is 1. The average Bonchev–Trinajstić information content (AvgIpc) is 2.93. The minimum Gasteiger partial charge on any atom is -0.481 e. The molecule has 0 aliphatic carbocycles. The number of piperidine rings is 1. The number of nitrogens with zero attached hydrogens (tertiary/aromatic N) is 2. The molecule has 3 rings (SSSR count). The van der Waals surface area contributed by atoms with Crippen molar-refractivity contribution in [1.82, 2.24) is 15.2 Å². The third-order valence-electron chi connectivity index (χ3n) is 4.44. The molecular weight excluding hydrogens is 238 g/mol. The number of rotatable bonds is 4. The summed E-state index contributed by atoms with van der Waals surface area (Å²) in [6.07, 6.45) is 7.10. The van der Waals surface area contributed by atoms with Crippen LogP contribution >= 0.6 is 0 Å². The Bertz CT molecular complexity index is 424. The zero-order valence-electron chi connectivity index (χ0n) is 11.6. The Kier molecular flexibility index (Phi) is 3.99. The van der Waals surface area contributed by atoms with Gasteiger partial charge in [-0.1, -0.05) is 6.07 Å². The maximum Gasteiger partial charge on any atom is 0.217 e. The van der Waals surface area contributed by atoms with Crippen LogP contribution in [-0.4, -0.2) is 42.2 Å². The van der Waals surface area contributed by atoms with E-state index in [1.807, 2.05) is 6.07 Å². The van der Waals surface area contributed by atoms with Crippen LogP contribution in [0, 0.1) is 0 Å². The van der Waals surface area contributed by atoms with Gasteiger partial charge in [0.25, 0.3) is 0 Å². The van der Waals surface area contributed by atoms with E-state index in [1.54, 1.807) is 13.3 Å².